The van der Waals surface area contributed by atoms with Gasteiger partial charge in [-0.2, -0.15) is 0 Å². The number of carbonyl (C=O) groups excluding carboxylic acids is 2. The largest absolute Gasteiger partial charge is 0.325 e. The number of aryl methyl sites for hydroxylation is 2. The number of amides is 3. The van der Waals surface area contributed by atoms with Gasteiger partial charge in [-0.05, 0) is 67.0 Å². The van der Waals surface area contributed by atoms with Gasteiger partial charge in [0.05, 0.1) is 5.69 Å². The number of nitrogens with one attached hydrogen (secondary N) is 3. The molecule has 1 fully saturated rings. The maximum absolute atomic E-state index is 14.1. The molecule has 0 unspecified atom stereocenters. The van der Waals surface area contributed by atoms with Crippen LogP contribution in [0, 0.1) is 5.82 Å². The van der Waals surface area contributed by atoms with Crippen molar-refractivity contribution in [2.75, 3.05) is 16.0 Å². The standard InChI is InChI=1S/C23H24FN5O2S/c1-14(30)27-21-11-15(9-10-25-21)5-7-18-13-26-23(32-18)29-22(31)28-20-12-17(6-8-19(20)24)16-3-2-4-16/h6,8-13,16H,2-5,7H2,1H3,(H,25,27,30)(H2,26,28,29,31). The molecule has 7 nitrogen and oxygen atoms in total. The van der Waals surface area contributed by atoms with Crippen molar-refractivity contribution in [2.45, 2.75) is 44.9 Å². The molecule has 32 heavy (non-hydrogen) atoms. The van der Waals surface area contributed by atoms with E-state index in [-0.39, 0.29) is 11.6 Å². The van der Waals surface area contributed by atoms with Crippen LogP contribution in [-0.2, 0) is 17.6 Å². The first-order valence-corrected chi connectivity index (χ1v) is 11.3. The van der Waals surface area contributed by atoms with Gasteiger partial charge in [-0.3, -0.25) is 10.1 Å². The Morgan fingerprint density at radius 2 is 1.94 bits per heavy atom. The van der Waals surface area contributed by atoms with Gasteiger partial charge in [-0.1, -0.05) is 12.5 Å². The van der Waals surface area contributed by atoms with Crippen LogP contribution in [0.25, 0.3) is 0 Å². The lowest BCUT2D eigenvalue weighted by molar-refractivity contribution is -0.114. The smallest absolute Gasteiger partial charge is 0.311 e. The topological polar surface area (TPSA) is 96.0 Å². The highest BCUT2D eigenvalue weighted by molar-refractivity contribution is 7.15. The summed E-state index contributed by atoms with van der Waals surface area (Å²) in [6.07, 6.45) is 8.23. The minimum Gasteiger partial charge on any atom is -0.311 e. The molecule has 0 saturated heterocycles. The van der Waals surface area contributed by atoms with Gasteiger partial charge in [0.25, 0.3) is 0 Å². The zero-order chi connectivity index (χ0) is 22.5. The predicted octanol–water partition coefficient (Wildman–Crippen LogP) is 5.33. The van der Waals surface area contributed by atoms with E-state index in [0.717, 1.165) is 41.7 Å². The summed E-state index contributed by atoms with van der Waals surface area (Å²) in [4.78, 5) is 32.9. The van der Waals surface area contributed by atoms with Gasteiger partial charge < -0.3 is 10.6 Å². The quantitative estimate of drug-likeness (QED) is 0.450. The summed E-state index contributed by atoms with van der Waals surface area (Å²) in [5.74, 6) is 0.349. The fraction of sp³-hybridized carbons (Fsp3) is 0.304. The minimum absolute atomic E-state index is 0.166. The second kappa shape index (κ2) is 9.86. The molecule has 9 heteroatoms. The van der Waals surface area contributed by atoms with Crippen molar-refractivity contribution in [1.29, 1.82) is 0 Å². The van der Waals surface area contributed by atoms with Crippen LogP contribution in [0.4, 0.5) is 25.8 Å². The van der Waals surface area contributed by atoms with E-state index in [9.17, 15) is 14.0 Å². The summed E-state index contributed by atoms with van der Waals surface area (Å²) in [6, 6.07) is 8.12. The third kappa shape index (κ3) is 5.67. The summed E-state index contributed by atoms with van der Waals surface area (Å²) in [7, 11) is 0. The SMILES string of the molecule is CC(=O)Nc1cc(CCc2cnc(NC(=O)Nc3cc(C4CCC4)ccc3F)s2)ccn1. The van der Waals surface area contributed by atoms with Gasteiger partial charge in [0.15, 0.2) is 5.13 Å². The van der Waals surface area contributed by atoms with Gasteiger partial charge in [0, 0.05) is 24.2 Å². The predicted molar refractivity (Wildman–Crippen MR) is 124 cm³/mol. The summed E-state index contributed by atoms with van der Waals surface area (Å²) in [5, 5.41) is 8.38. The number of aromatic nitrogens is 2. The van der Waals surface area contributed by atoms with Crippen LogP contribution < -0.4 is 16.0 Å². The lowest BCUT2D eigenvalue weighted by atomic mass is 9.80. The van der Waals surface area contributed by atoms with Crippen molar-refractivity contribution in [3.63, 3.8) is 0 Å². The van der Waals surface area contributed by atoms with E-state index < -0.39 is 11.8 Å². The first-order valence-electron chi connectivity index (χ1n) is 10.5. The summed E-state index contributed by atoms with van der Waals surface area (Å²) < 4.78 is 14.1. The van der Waals surface area contributed by atoms with Gasteiger partial charge in [0.2, 0.25) is 5.91 Å². The van der Waals surface area contributed by atoms with Crippen molar-refractivity contribution in [3.8, 4) is 0 Å². The van der Waals surface area contributed by atoms with Crippen LogP contribution >= 0.6 is 11.3 Å². The van der Waals surface area contributed by atoms with Crippen molar-refractivity contribution in [1.82, 2.24) is 9.97 Å². The number of anilines is 3. The Labute approximate surface area is 189 Å². The molecule has 0 spiro atoms. The van der Waals surface area contributed by atoms with E-state index in [1.807, 2.05) is 12.1 Å². The molecule has 0 aliphatic heterocycles. The number of hydrogen-bond donors (Lipinski definition) is 3. The van der Waals surface area contributed by atoms with Crippen LogP contribution in [-0.4, -0.2) is 21.9 Å². The molecule has 166 valence electrons. The van der Waals surface area contributed by atoms with E-state index >= 15 is 0 Å². The average molecular weight is 454 g/mol. The third-order valence-corrected chi connectivity index (χ3v) is 6.35. The molecule has 1 aliphatic rings. The van der Waals surface area contributed by atoms with Crippen LogP contribution in [0.3, 0.4) is 0 Å². The lowest BCUT2D eigenvalue weighted by Crippen LogP contribution is -2.20. The molecule has 3 N–H and O–H groups in total. The summed E-state index contributed by atoms with van der Waals surface area (Å²) in [5.41, 5.74) is 2.27. The Balaban J connectivity index is 1.31. The Hall–Kier alpha value is -3.33. The first-order chi connectivity index (χ1) is 15.5. The molecule has 3 aromatic rings. The highest BCUT2D eigenvalue weighted by Gasteiger charge is 2.21. The van der Waals surface area contributed by atoms with E-state index in [2.05, 4.69) is 25.9 Å². The van der Waals surface area contributed by atoms with Crippen LogP contribution in [0.15, 0.2) is 42.7 Å². The maximum Gasteiger partial charge on any atom is 0.325 e. The second-order valence-corrected chi connectivity index (χ2v) is 8.92. The Morgan fingerprint density at radius 1 is 1.09 bits per heavy atom. The van der Waals surface area contributed by atoms with Crippen LogP contribution in [0.1, 0.15) is 48.1 Å². The number of rotatable bonds is 7. The monoisotopic (exact) mass is 453 g/mol. The zero-order valence-electron chi connectivity index (χ0n) is 17.7. The highest BCUT2D eigenvalue weighted by Crippen LogP contribution is 2.37. The Morgan fingerprint density at radius 3 is 2.69 bits per heavy atom. The fourth-order valence-electron chi connectivity index (χ4n) is 3.51. The molecule has 1 saturated carbocycles. The molecule has 0 bridgehead atoms. The Bertz CT molecular complexity index is 1130. The number of carbonyl (C=O) groups is 2. The number of urea groups is 1. The van der Waals surface area contributed by atoms with Crippen molar-refractivity contribution < 1.29 is 14.0 Å². The average Bonchev–Trinajstić information content (AvgIpc) is 3.14. The second-order valence-electron chi connectivity index (χ2n) is 7.81. The number of thiazole rings is 1. The summed E-state index contributed by atoms with van der Waals surface area (Å²) >= 11 is 1.37. The molecule has 4 rings (SSSR count). The van der Waals surface area contributed by atoms with Crippen LogP contribution in [0.2, 0.25) is 0 Å². The van der Waals surface area contributed by atoms with Gasteiger partial charge in [-0.25, -0.2) is 19.2 Å². The number of nitrogens with zero attached hydrogens (tertiary/aromatic N) is 2. The fourth-order valence-corrected chi connectivity index (χ4v) is 4.32. The molecule has 2 aromatic heterocycles. The zero-order valence-corrected chi connectivity index (χ0v) is 18.5. The Kier molecular flexibility index (Phi) is 6.75. The minimum atomic E-state index is -0.523. The van der Waals surface area contributed by atoms with Gasteiger partial charge >= 0.3 is 6.03 Å². The van der Waals surface area contributed by atoms with E-state index in [1.54, 1.807) is 24.5 Å². The highest BCUT2D eigenvalue weighted by atomic mass is 32.1. The molecule has 0 atom stereocenters. The van der Waals surface area contributed by atoms with E-state index in [0.29, 0.717) is 16.9 Å². The number of pyridine rings is 1. The van der Waals surface area contributed by atoms with Crippen molar-refractivity contribution in [2.24, 2.45) is 0 Å². The number of halogens is 1. The number of hydrogen-bond acceptors (Lipinski definition) is 5. The van der Waals surface area contributed by atoms with Gasteiger partial charge in [-0.15, -0.1) is 11.3 Å². The maximum atomic E-state index is 14.1. The molecular formula is C23H24FN5O2S. The molecule has 2 heterocycles. The van der Waals surface area contributed by atoms with E-state index in [1.165, 1.54) is 30.7 Å². The third-order valence-electron chi connectivity index (χ3n) is 5.38. The molecule has 1 aromatic carbocycles. The van der Waals surface area contributed by atoms with E-state index in [4.69, 9.17) is 0 Å². The molecular weight excluding hydrogens is 429 g/mol. The lowest BCUT2D eigenvalue weighted by Gasteiger charge is -2.26. The molecule has 0 radical (unpaired) electrons. The first kappa shape index (κ1) is 21.9. The van der Waals surface area contributed by atoms with Crippen LogP contribution in [0.5, 0.6) is 0 Å². The number of benzene rings is 1. The normalized spacial score (nSPS) is 13.3. The van der Waals surface area contributed by atoms with Crippen molar-refractivity contribution >= 4 is 39.9 Å². The summed E-state index contributed by atoms with van der Waals surface area (Å²) in [6.45, 7) is 1.44. The molecule has 3 amide bonds. The van der Waals surface area contributed by atoms with Gasteiger partial charge in [0.1, 0.15) is 11.6 Å². The van der Waals surface area contributed by atoms with Crippen molar-refractivity contribution in [3.05, 3.63) is 64.5 Å². The molecule has 1 aliphatic carbocycles.